The lowest BCUT2D eigenvalue weighted by Gasteiger charge is -2.15. The van der Waals surface area contributed by atoms with Gasteiger partial charge in [-0.25, -0.2) is 8.42 Å². The summed E-state index contributed by atoms with van der Waals surface area (Å²) >= 11 is 0. The second kappa shape index (κ2) is 6.97. The highest BCUT2D eigenvalue weighted by atomic mass is 32.2. The average molecular weight is 307 g/mol. The van der Waals surface area contributed by atoms with Crippen molar-refractivity contribution < 1.29 is 13.5 Å². The number of aliphatic hydroxyl groups excluding tert-OH is 1. The van der Waals surface area contributed by atoms with Crippen LogP contribution in [0.1, 0.15) is 43.2 Å². The van der Waals surface area contributed by atoms with Crippen LogP contribution in [-0.4, -0.2) is 25.4 Å². The molecule has 1 aromatic carbocycles. The molecule has 0 bridgehead atoms. The predicted molar refractivity (Wildman–Crippen MR) is 84.6 cm³/mol. The van der Waals surface area contributed by atoms with Crippen molar-refractivity contribution in [2.45, 2.75) is 44.3 Å². The van der Waals surface area contributed by atoms with Gasteiger partial charge >= 0.3 is 0 Å². The minimum atomic E-state index is -3.35. The van der Waals surface area contributed by atoms with Crippen LogP contribution in [0.15, 0.2) is 18.2 Å². The first-order valence-corrected chi connectivity index (χ1v) is 8.79. The third-order valence-corrected chi connectivity index (χ3v) is 5.48. The number of anilines is 1. The highest BCUT2D eigenvalue weighted by molar-refractivity contribution is 7.93. The molecule has 0 amide bonds. The topological polar surface area (TPSA) is 66.4 Å². The van der Waals surface area contributed by atoms with E-state index in [1.807, 2.05) is 19.1 Å². The van der Waals surface area contributed by atoms with Gasteiger partial charge in [-0.3, -0.25) is 4.72 Å². The van der Waals surface area contributed by atoms with Crippen LogP contribution in [0.2, 0.25) is 0 Å². The third kappa shape index (κ3) is 4.23. The maximum absolute atomic E-state index is 12.4. The number of sulfonamides is 1. The first-order chi connectivity index (χ1) is 10.0. The summed E-state index contributed by atoms with van der Waals surface area (Å²) in [5.41, 5.74) is 2.20. The first kappa shape index (κ1) is 15.9. The molecule has 5 heteroatoms. The van der Waals surface area contributed by atoms with Gasteiger partial charge < -0.3 is 5.11 Å². The minimum absolute atomic E-state index is 0.00193. The fraction of sp³-hybridized carbons (Fsp3) is 0.500. The Kier molecular flexibility index (Phi) is 5.27. The average Bonchev–Trinajstić information content (AvgIpc) is 2.97. The Hall–Kier alpha value is -1.51. The summed E-state index contributed by atoms with van der Waals surface area (Å²) in [7, 11) is -3.35. The second-order valence-corrected chi connectivity index (χ2v) is 7.34. The molecule has 1 fully saturated rings. The molecule has 0 spiro atoms. The number of hydrogen-bond donors (Lipinski definition) is 2. The predicted octanol–water partition coefficient (Wildman–Crippen LogP) is 2.41. The number of hydrogen-bond acceptors (Lipinski definition) is 3. The van der Waals surface area contributed by atoms with Gasteiger partial charge in [-0.15, -0.1) is 0 Å². The van der Waals surface area contributed by atoms with Crippen molar-refractivity contribution in [1.29, 1.82) is 0 Å². The zero-order chi connectivity index (χ0) is 15.3. The molecule has 0 aliphatic heterocycles. The van der Waals surface area contributed by atoms with Crippen molar-refractivity contribution in [3.8, 4) is 11.8 Å². The van der Waals surface area contributed by atoms with Gasteiger partial charge in [0.25, 0.3) is 0 Å². The molecule has 0 unspecified atom stereocenters. The zero-order valence-corrected chi connectivity index (χ0v) is 13.0. The molecule has 4 nitrogen and oxygen atoms in total. The molecule has 114 valence electrons. The monoisotopic (exact) mass is 307 g/mol. The molecule has 0 saturated heterocycles. The van der Waals surface area contributed by atoms with Gasteiger partial charge in [0.15, 0.2) is 0 Å². The van der Waals surface area contributed by atoms with Gasteiger partial charge in [-0.2, -0.15) is 0 Å². The van der Waals surface area contributed by atoms with Crippen molar-refractivity contribution in [3.63, 3.8) is 0 Å². The Balaban J connectivity index is 2.25. The molecular formula is C16H21NO3S. The maximum atomic E-state index is 12.4. The van der Waals surface area contributed by atoms with Crippen LogP contribution in [0, 0.1) is 18.8 Å². The van der Waals surface area contributed by atoms with Gasteiger partial charge in [0.05, 0.1) is 17.5 Å². The molecule has 1 aliphatic rings. The van der Waals surface area contributed by atoms with Gasteiger partial charge in [-0.05, 0) is 37.5 Å². The van der Waals surface area contributed by atoms with E-state index in [0.717, 1.165) is 31.2 Å². The Morgan fingerprint density at radius 2 is 2.05 bits per heavy atom. The SMILES string of the molecule is Cc1ccc(NS(=O)(=O)C2CCCC2)c(C#CCCO)c1. The quantitative estimate of drug-likeness (QED) is 0.840. The molecule has 0 radical (unpaired) electrons. The summed E-state index contributed by atoms with van der Waals surface area (Å²) in [6.07, 6.45) is 3.79. The van der Waals surface area contributed by atoms with Gasteiger partial charge in [-0.1, -0.05) is 30.7 Å². The van der Waals surface area contributed by atoms with E-state index >= 15 is 0 Å². The fourth-order valence-electron chi connectivity index (χ4n) is 2.50. The smallest absolute Gasteiger partial charge is 0.235 e. The molecule has 1 saturated carbocycles. The van der Waals surface area contributed by atoms with Crippen LogP contribution in [0.3, 0.4) is 0 Å². The lowest BCUT2D eigenvalue weighted by atomic mass is 10.1. The van der Waals surface area contributed by atoms with Crippen molar-refractivity contribution in [2.75, 3.05) is 11.3 Å². The fourth-order valence-corrected chi connectivity index (χ4v) is 4.10. The second-order valence-electron chi connectivity index (χ2n) is 5.38. The van der Waals surface area contributed by atoms with E-state index in [1.54, 1.807) is 6.07 Å². The highest BCUT2D eigenvalue weighted by Crippen LogP contribution is 2.27. The van der Waals surface area contributed by atoms with Crippen molar-refractivity contribution in [2.24, 2.45) is 0 Å². The minimum Gasteiger partial charge on any atom is -0.395 e. The molecule has 0 heterocycles. The van der Waals surface area contributed by atoms with Crippen LogP contribution in [0.4, 0.5) is 5.69 Å². The van der Waals surface area contributed by atoms with Gasteiger partial charge in [0.2, 0.25) is 10.0 Å². The maximum Gasteiger partial charge on any atom is 0.235 e. The first-order valence-electron chi connectivity index (χ1n) is 7.25. The van der Waals surface area contributed by atoms with Crippen LogP contribution >= 0.6 is 0 Å². The number of benzene rings is 1. The van der Waals surface area contributed by atoms with Crippen LogP contribution in [-0.2, 0) is 10.0 Å². The molecule has 1 aromatic rings. The summed E-state index contributed by atoms with van der Waals surface area (Å²) in [5, 5.41) is 8.49. The third-order valence-electron chi connectivity index (χ3n) is 3.63. The van der Waals surface area contributed by atoms with Crippen LogP contribution in [0.5, 0.6) is 0 Å². The zero-order valence-electron chi connectivity index (χ0n) is 12.2. The Bertz CT molecular complexity index is 650. The van der Waals surface area contributed by atoms with Crippen LogP contribution < -0.4 is 4.72 Å². The summed E-state index contributed by atoms with van der Waals surface area (Å²) < 4.78 is 27.4. The lowest BCUT2D eigenvalue weighted by Crippen LogP contribution is -2.25. The molecular weight excluding hydrogens is 286 g/mol. The summed E-state index contributed by atoms with van der Waals surface area (Å²) in [6, 6.07) is 5.48. The van der Waals surface area contributed by atoms with E-state index in [9.17, 15) is 8.42 Å². The highest BCUT2D eigenvalue weighted by Gasteiger charge is 2.29. The van der Waals surface area contributed by atoms with E-state index < -0.39 is 10.0 Å². The Labute approximate surface area is 126 Å². The lowest BCUT2D eigenvalue weighted by molar-refractivity contribution is 0.305. The number of rotatable bonds is 4. The largest absolute Gasteiger partial charge is 0.395 e. The van der Waals surface area contributed by atoms with Crippen molar-refractivity contribution in [1.82, 2.24) is 0 Å². The number of aryl methyl sites for hydroxylation is 1. The van der Waals surface area contributed by atoms with Crippen molar-refractivity contribution in [3.05, 3.63) is 29.3 Å². The Morgan fingerprint density at radius 3 is 2.71 bits per heavy atom. The molecule has 2 N–H and O–H groups in total. The van der Waals surface area contributed by atoms with E-state index in [1.165, 1.54) is 0 Å². The molecule has 0 atom stereocenters. The van der Waals surface area contributed by atoms with E-state index in [-0.39, 0.29) is 11.9 Å². The van der Waals surface area contributed by atoms with Crippen LogP contribution in [0.25, 0.3) is 0 Å². The van der Waals surface area contributed by atoms with E-state index in [0.29, 0.717) is 17.7 Å². The summed E-state index contributed by atoms with van der Waals surface area (Å²) in [6.45, 7) is 1.94. The molecule has 2 rings (SSSR count). The Morgan fingerprint density at radius 1 is 1.33 bits per heavy atom. The number of nitrogens with one attached hydrogen (secondary N) is 1. The van der Waals surface area contributed by atoms with Crippen molar-refractivity contribution >= 4 is 15.7 Å². The molecule has 21 heavy (non-hydrogen) atoms. The standard InChI is InChI=1S/C16H21NO3S/c1-13-9-10-16(14(12-13)6-4-5-11-18)17-21(19,20)15-7-2-3-8-15/h9-10,12,15,17-18H,2-3,5,7-8,11H2,1H3. The molecule has 0 aromatic heterocycles. The molecule has 1 aliphatic carbocycles. The normalized spacial score (nSPS) is 15.5. The van der Waals surface area contributed by atoms with E-state index in [2.05, 4.69) is 16.6 Å². The van der Waals surface area contributed by atoms with Gasteiger partial charge in [0, 0.05) is 12.0 Å². The van der Waals surface area contributed by atoms with E-state index in [4.69, 9.17) is 5.11 Å². The van der Waals surface area contributed by atoms with Gasteiger partial charge in [0.1, 0.15) is 0 Å². The summed E-state index contributed by atoms with van der Waals surface area (Å²) in [5.74, 6) is 5.77. The number of aliphatic hydroxyl groups is 1. The summed E-state index contributed by atoms with van der Waals surface area (Å²) in [4.78, 5) is 0.